The molecule has 0 fully saturated rings. The van der Waals surface area contributed by atoms with E-state index in [2.05, 4.69) is 15.3 Å². The van der Waals surface area contributed by atoms with E-state index < -0.39 is 10.8 Å². The number of carbonyl (C=O) groups excluding carboxylic acids is 1. The van der Waals surface area contributed by atoms with Crippen LogP contribution in [0.2, 0.25) is 10.0 Å². The average Bonchev–Trinajstić information content (AvgIpc) is 2.96. The molecule has 2 aromatic carbocycles. The molecule has 25 heavy (non-hydrogen) atoms. The van der Waals surface area contributed by atoms with Gasteiger partial charge < -0.3 is 10.3 Å². The predicted octanol–water partition coefficient (Wildman–Crippen LogP) is 4.51. The van der Waals surface area contributed by atoms with Gasteiger partial charge in [0.05, 0.1) is 21.7 Å². The van der Waals surface area contributed by atoms with Crippen LogP contribution in [0.25, 0.3) is 11.0 Å². The molecule has 2 N–H and O–H groups in total. The van der Waals surface area contributed by atoms with Crippen molar-refractivity contribution in [3.63, 3.8) is 0 Å². The van der Waals surface area contributed by atoms with Gasteiger partial charge in [-0.15, -0.1) is 0 Å². The van der Waals surface area contributed by atoms with Crippen molar-refractivity contribution in [1.29, 1.82) is 0 Å². The highest BCUT2D eigenvalue weighted by Crippen LogP contribution is 2.28. The van der Waals surface area contributed by atoms with Crippen LogP contribution < -0.4 is 5.32 Å². The van der Waals surface area contributed by atoms with E-state index >= 15 is 0 Å². The standard InChI is InChI=1S/C15H10Cl2N4O3S/c16-8-1-3-10-12(5-8)20-15(19-10)25-7-14(22)18-11-4-2-9(17)6-13(11)21(23)24/h1-6H,7H2,(H,18,22)(H,19,20). The van der Waals surface area contributed by atoms with E-state index in [1.807, 2.05) is 0 Å². The summed E-state index contributed by atoms with van der Waals surface area (Å²) in [6.07, 6.45) is 0. The van der Waals surface area contributed by atoms with Crippen LogP contribution in [0.5, 0.6) is 0 Å². The molecule has 0 spiro atoms. The number of thioether (sulfide) groups is 1. The van der Waals surface area contributed by atoms with Gasteiger partial charge in [-0.1, -0.05) is 35.0 Å². The summed E-state index contributed by atoms with van der Waals surface area (Å²) in [5, 5.41) is 14.9. The summed E-state index contributed by atoms with van der Waals surface area (Å²) in [7, 11) is 0. The van der Waals surface area contributed by atoms with Crippen molar-refractivity contribution >= 4 is 63.3 Å². The Balaban J connectivity index is 1.67. The normalized spacial score (nSPS) is 10.8. The smallest absolute Gasteiger partial charge is 0.294 e. The number of nitro benzene ring substituents is 1. The van der Waals surface area contributed by atoms with E-state index in [-0.39, 0.29) is 22.2 Å². The molecule has 0 atom stereocenters. The van der Waals surface area contributed by atoms with E-state index in [1.54, 1.807) is 18.2 Å². The fourth-order valence-electron chi connectivity index (χ4n) is 2.11. The molecule has 0 unspecified atom stereocenters. The first-order valence-corrected chi connectivity index (χ1v) is 8.68. The predicted molar refractivity (Wildman–Crippen MR) is 98.6 cm³/mol. The Morgan fingerprint density at radius 2 is 1.96 bits per heavy atom. The lowest BCUT2D eigenvalue weighted by atomic mass is 10.2. The van der Waals surface area contributed by atoms with Crippen LogP contribution in [0.4, 0.5) is 11.4 Å². The van der Waals surface area contributed by atoms with Crippen LogP contribution in [0.15, 0.2) is 41.6 Å². The maximum absolute atomic E-state index is 12.1. The van der Waals surface area contributed by atoms with Crippen molar-refractivity contribution in [3.05, 3.63) is 56.6 Å². The highest BCUT2D eigenvalue weighted by molar-refractivity contribution is 7.99. The molecule has 0 aliphatic carbocycles. The number of nitro groups is 1. The number of anilines is 1. The van der Waals surface area contributed by atoms with Crippen LogP contribution in [-0.4, -0.2) is 26.6 Å². The molecule has 0 aliphatic rings. The Kier molecular flexibility index (Phi) is 5.12. The minimum Gasteiger partial charge on any atom is -0.333 e. The van der Waals surface area contributed by atoms with Gasteiger partial charge in [-0.2, -0.15) is 0 Å². The minimum absolute atomic E-state index is 0.0351. The van der Waals surface area contributed by atoms with Crippen molar-refractivity contribution in [1.82, 2.24) is 9.97 Å². The number of aromatic nitrogens is 2. The summed E-state index contributed by atoms with van der Waals surface area (Å²) < 4.78 is 0. The average molecular weight is 397 g/mol. The molecule has 0 aliphatic heterocycles. The molecule has 128 valence electrons. The Morgan fingerprint density at radius 1 is 1.24 bits per heavy atom. The summed E-state index contributed by atoms with van der Waals surface area (Å²) >= 11 is 12.8. The third-order valence-electron chi connectivity index (χ3n) is 3.19. The van der Waals surface area contributed by atoms with Crippen LogP contribution >= 0.6 is 35.0 Å². The lowest BCUT2D eigenvalue weighted by molar-refractivity contribution is -0.383. The number of nitrogens with zero attached hydrogens (tertiary/aromatic N) is 2. The molecule has 10 heteroatoms. The molecular weight excluding hydrogens is 387 g/mol. The van der Waals surface area contributed by atoms with Gasteiger partial charge in [-0.05, 0) is 30.3 Å². The van der Waals surface area contributed by atoms with Gasteiger partial charge in [0.15, 0.2) is 5.16 Å². The van der Waals surface area contributed by atoms with Crippen molar-refractivity contribution in [2.24, 2.45) is 0 Å². The Labute approximate surface area is 155 Å². The van der Waals surface area contributed by atoms with E-state index in [0.717, 1.165) is 11.0 Å². The molecule has 0 saturated carbocycles. The Hall–Kier alpha value is -2.29. The largest absolute Gasteiger partial charge is 0.333 e. The molecule has 1 heterocycles. The molecule has 1 amide bonds. The molecular formula is C15H10Cl2N4O3S. The maximum atomic E-state index is 12.1. The third-order valence-corrected chi connectivity index (χ3v) is 4.54. The molecule has 0 radical (unpaired) electrons. The van der Waals surface area contributed by atoms with Gasteiger partial charge >= 0.3 is 0 Å². The monoisotopic (exact) mass is 396 g/mol. The first-order chi connectivity index (χ1) is 11.9. The quantitative estimate of drug-likeness (QED) is 0.375. The van der Waals surface area contributed by atoms with Crippen molar-refractivity contribution in [2.45, 2.75) is 5.16 Å². The zero-order chi connectivity index (χ0) is 18.0. The number of hydrogen-bond acceptors (Lipinski definition) is 5. The Bertz CT molecular complexity index is 977. The van der Waals surface area contributed by atoms with Gasteiger partial charge in [0.2, 0.25) is 5.91 Å². The highest BCUT2D eigenvalue weighted by Gasteiger charge is 2.17. The number of aromatic amines is 1. The van der Waals surface area contributed by atoms with Crippen LogP contribution in [0.1, 0.15) is 0 Å². The maximum Gasteiger partial charge on any atom is 0.294 e. The lowest BCUT2D eigenvalue weighted by Crippen LogP contribution is -2.15. The van der Waals surface area contributed by atoms with E-state index in [1.165, 1.54) is 30.0 Å². The number of fused-ring (bicyclic) bond motifs is 1. The number of halogens is 2. The van der Waals surface area contributed by atoms with Gasteiger partial charge in [0, 0.05) is 16.1 Å². The molecule has 3 rings (SSSR count). The van der Waals surface area contributed by atoms with Crippen LogP contribution in [0.3, 0.4) is 0 Å². The molecule has 0 bridgehead atoms. The fraction of sp³-hybridized carbons (Fsp3) is 0.0667. The molecule has 0 saturated heterocycles. The zero-order valence-electron chi connectivity index (χ0n) is 12.5. The van der Waals surface area contributed by atoms with E-state index in [0.29, 0.717) is 10.2 Å². The van der Waals surface area contributed by atoms with Crippen molar-refractivity contribution in [3.8, 4) is 0 Å². The highest BCUT2D eigenvalue weighted by atomic mass is 35.5. The van der Waals surface area contributed by atoms with Crippen LogP contribution in [0, 0.1) is 10.1 Å². The second-order valence-corrected chi connectivity index (χ2v) is 6.80. The Morgan fingerprint density at radius 3 is 2.72 bits per heavy atom. The van der Waals surface area contributed by atoms with E-state index in [9.17, 15) is 14.9 Å². The number of amides is 1. The number of nitrogens with one attached hydrogen (secondary N) is 2. The second-order valence-electron chi connectivity index (χ2n) is 4.96. The second kappa shape index (κ2) is 7.30. The fourth-order valence-corrected chi connectivity index (χ4v) is 3.13. The van der Waals surface area contributed by atoms with Gasteiger partial charge in [-0.3, -0.25) is 14.9 Å². The summed E-state index contributed by atoms with van der Waals surface area (Å²) in [6.45, 7) is 0. The van der Waals surface area contributed by atoms with Crippen molar-refractivity contribution in [2.75, 3.05) is 11.1 Å². The number of imidazole rings is 1. The van der Waals surface area contributed by atoms with Crippen molar-refractivity contribution < 1.29 is 9.72 Å². The molecule has 3 aromatic rings. The van der Waals surface area contributed by atoms with Gasteiger partial charge in [-0.25, -0.2) is 4.98 Å². The summed E-state index contributed by atoms with van der Waals surface area (Å²) in [4.78, 5) is 29.9. The third kappa shape index (κ3) is 4.22. The van der Waals surface area contributed by atoms with Gasteiger partial charge in [0.1, 0.15) is 5.69 Å². The number of benzene rings is 2. The van der Waals surface area contributed by atoms with E-state index in [4.69, 9.17) is 23.2 Å². The van der Waals surface area contributed by atoms with Crippen LogP contribution in [-0.2, 0) is 4.79 Å². The first-order valence-electron chi connectivity index (χ1n) is 6.94. The molecule has 7 nitrogen and oxygen atoms in total. The first kappa shape index (κ1) is 17.5. The number of rotatable bonds is 5. The topological polar surface area (TPSA) is 101 Å². The summed E-state index contributed by atoms with van der Waals surface area (Å²) in [5.74, 6) is -0.359. The number of H-pyrrole nitrogens is 1. The van der Waals surface area contributed by atoms with Gasteiger partial charge in [0.25, 0.3) is 5.69 Å². The molecule has 1 aromatic heterocycles. The zero-order valence-corrected chi connectivity index (χ0v) is 14.8. The SMILES string of the molecule is O=C(CSc1nc2ccc(Cl)cc2[nH]1)Nc1ccc(Cl)cc1[N+](=O)[O-]. The lowest BCUT2D eigenvalue weighted by Gasteiger charge is -2.05. The summed E-state index contributed by atoms with van der Waals surface area (Å²) in [6, 6.07) is 9.30. The number of carbonyl (C=O) groups is 1. The minimum atomic E-state index is -0.600. The summed E-state index contributed by atoms with van der Waals surface area (Å²) in [5.41, 5.74) is 1.34. The number of hydrogen-bond donors (Lipinski definition) is 2.